The largest absolute Gasteiger partial charge is 0.479 e. The van der Waals surface area contributed by atoms with Crippen molar-refractivity contribution in [2.45, 2.75) is 16.8 Å². The summed E-state index contributed by atoms with van der Waals surface area (Å²) in [6.45, 7) is 2.08. The van der Waals surface area contributed by atoms with Crippen LogP contribution in [0.2, 0.25) is 0 Å². The maximum atomic E-state index is 12.3. The highest BCUT2D eigenvalue weighted by Gasteiger charge is 2.19. The van der Waals surface area contributed by atoms with Crippen LogP contribution >= 0.6 is 0 Å². The number of benzene rings is 1. The molecule has 0 fully saturated rings. The highest BCUT2D eigenvalue weighted by molar-refractivity contribution is 7.91. The molecule has 0 aliphatic rings. The van der Waals surface area contributed by atoms with Gasteiger partial charge in [0.05, 0.1) is 11.5 Å². The molecule has 0 bridgehead atoms. The smallest absolute Gasteiger partial charge is 0.222 e. The highest BCUT2D eigenvalue weighted by atomic mass is 32.2. The maximum absolute atomic E-state index is 12.3. The number of aromatic amines is 1. The molecule has 1 aromatic carbocycles. The SMILES string of the molecule is CCOc1cc(=O)cc(S(=O)(=O)c2ccccc2)[nH]1. The molecule has 2 aromatic rings. The van der Waals surface area contributed by atoms with E-state index in [0.717, 1.165) is 6.07 Å². The Morgan fingerprint density at radius 1 is 1.16 bits per heavy atom. The third-order valence-electron chi connectivity index (χ3n) is 2.44. The van der Waals surface area contributed by atoms with Crippen molar-refractivity contribution in [3.63, 3.8) is 0 Å². The summed E-state index contributed by atoms with van der Waals surface area (Å²) in [6, 6.07) is 10.2. The number of ether oxygens (including phenoxy) is 1. The molecule has 0 saturated heterocycles. The van der Waals surface area contributed by atoms with E-state index in [1.807, 2.05) is 0 Å². The summed E-state index contributed by atoms with van der Waals surface area (Å²) >= 11 is 0. The van der Waals surface area contributed by atoms with Crippen LogP contribution in [0.15, 0.2) is 57.2 Å². The summed E-state index contributed by atoms with van der Waals surface area (Å²) in [5, 5.41) is -0.172. The van der Waals surface area contributed by atoms with Crippen LogP contribution in [0.3, 0.4) is 0 Å². The summed E-state index contributed by atoms with van der Waals surface area (Å²) in [5.41, 5.74) is -0.420. The fourth-order valence-corrected chi connectivity index (χ4v) is 2.87. The molecule has 5 nitrogen and oxygen atoms in total. The second-order valence-electron chi connectivity index (χ2n) is 3.79. The van der Waals surface area contributed by atoms with Gasteiger partial charge in [0.1, 0.15) is 5.03 Å². The van der Waals surface area contributed by atoms with Crippen molar-refractivity contribution in [3.8, 4) is 5.88 Å². The topological polar surface area (TPSA) is 76.2 Å². The zero-order chi connectivity index (χ0) is 13.9. The third kappa shape index (κ3) is 2.85. The number of sulfone groups is 1. The molecule has 100 valence electrons. The maximum Gasteiger partial charge on any atom is 0.222 e. The van der Waals surface area contributed by atoms with Gasteiger partial charge in [-0.3, -0.25) is 4.79 Å². The molecule has 0 aliphatic carbocycles. The van der Waals surface area contributed by atoms with Crippen molar-refractivity contribution < 1.29 is 13.2 Å². The van der Waals surface area contributed by atoms with E-state index < -0.39 is 15.3 Å². The van der Waals surface area contributed by atoms with E-state index >= 15 is 0 Å². The molecule has 1 aromatic heterocycles. The van der Waals surface area contributed by atoms with Gasteiger partial charge >= 0.3 is 0 Å². The summed E-state index contributed by atoms with van der Waals surface area (Å²) in [6.07, 6.45) is 0. The van der Waals surface area contributed by atoms with Crippen LogP contribution in [0.5, 0.6) is 5.88 Å². The van der Waals surface area contributed by atoms with Gasteiger partial charge in [-0.1, -0.05) is 18.2 Å². The fourth-order valence-electron chi connectivity index (χ4n) is 1.60. The molecule has 0 amide bonds. The Kier molecular flexibility index (Phi) is 3.71. The number of hydrogen-bond donors (Lipinski definition) is 1. The molecule has 0 spiro atoms. The fraction of sp³-hybridized carbons (Fsp3) is 0.154. The van der Waals surface area contributed by atoms with E-state index in [1.54, 1.807) is 25.1 Å². The Bertz CT molecular complexity index is 720. The lowest BCUT2D eigenvalue weighted by Crippen LogP contribution is -2.11. The number of aromatic nitrogens is 1. The van der Waals surface area contributed by atoms with Crippen LogP contribution in [0.25, 0.3) is 0 Å². The molecular formula is C13H13NO4S. The molecule has 19 heavy (non-hydrogen) atoms. The molecule has 0 aliphatic heterocycles. The molecule has 0 radical (unpaired) electrons. The summed E-state index contributed by atoms with van der Waals surface area (Å²) in [5.74, 6) is 0.143. The third-order valence-corrected chi connectivity index (χ3v) is 4.13. The number of pyridine rings is 1. The Labute approximate surface area is 110 Å². The predicted molar refractivity (Wildman–Crippen MR) is 70.1 cm³/mol. The lowest BCUT2D eigenvalue weighted by molar-refractivity contribution is 0.323. The van der Waals surface area contributed by atoms with Gasteiger partial charge in [0.2, 0.25) is 9.84 Å². The summed E-state index contributed by atoms with van der Waals surface area (Å²) < 4.78 is 29.8. The van der Waals surface area contributed by atoms with Crippen molar-refractivity contribution in [1.29, 1.82) is 0 Å². The van der Waals surface area contributed by atoms with Gasteiger partial charge < -0.3 is 9.72 Å². The number of H-pyrrole nitrogens is 1. The first-order valence-electron chi connectivity index (χ1n) is 5.71. The van der Waals surface area contributed by atoms with Gasteiger partial charge in [-0.05, 0) is 19.1 Å². The molecule has 6 heteroatoms. The minimum atomic E-state index is -3.74. The Hall–Kier alpha value is -2.08. The van der Waals surface area contributed by atoms with Gasteiger partial charge in [-0.25, -0.2) is 8.42 Å². The second kappa shape index (κ2) is 5.27. The highest BCUT2D eigenvalue weighted by Crippen LogP contribution is 2.19. The molecule has 0 saturated carbocycles. The van der Waals surface area contributed by atoms with Gasteiger partial charge in [-0.15, -0.1) is 0 Å². The predicted octanol–water partition coefficient (Wildman–Crippen LogP) is 1.61. The van der Waals surface area contributed by atoms with E-state index in [1.165, 1.54) is 18.2 Å². The average Bonchev–Trinajstić information content (AvgIpc) is 2.39. The molecule has 0 unspecified atom stereocenters. The van der Waals surface area contributed by atoms with Gasteiger partial charge in [0.15, 0.2) is 11.3 Å². The zero-order valence-electron chi connectivity index (χ0n) is 10.3. The van der Waals surface area contributed by atoms with Gasteiger partial charge in [0, 0.05) is 12.1 Å². The Morgan fingerprint density at radius 2 is 1.84 bits per heavy atom. The monoisotopic (exact) mass is 279 g/mol. The average molecular weight is 279 g/mol. The van der Waals surface area contributed by atoms with Crippen molar-refractivity contribution in [1.82, 2.24) is 4.98 Å². The molecule has 2 rings (SSSR count). The standard InChI is InChI=1S/C13H13NO4S/c1-2-18-12-8-10(15)9-13(14-12)19(16,17)11-6-4-3-5-7-11/h3-9H,2H2,1H3,(H,14,15). The summed E-state index contributed by atoms with van der Waals surface area (Å²) in [4.78, 5) is 14.2. The Morgan fingerprint density at radius 3 is 2.47 bits per heavy atom. The first kappa shape index (κ1) is 13.4. The van der Waals surface area contributed by atoms with Gasteiger partial charge in [0.25, 0.3) is 0 Å². The van der Waals surface area contributed by atoms with Crippen molar-refractivity contribution in [2.24, 2.45) is 0 Å². The van der Waals surface area contributed by atoms with Crippen molar-refractivity contribution >= 4 is 9.84 Å². The Balaban J connectivity index is 2.55. The molecular weight excluding hydrogens is 266 g/mol. The van der Waals surface area contributed by atoms with Crippen LogP contribution in [-0.4, -0.2) is 20.0 Å². The lowest BCUT2D eigenvalue weighted by atomic mass is 10.4. The van der Waals surface area contributed by atoms with Crippen LogP contribution in [0.1, 0.15) is 6.92 Å². The van der Waals surface area contributed by atoms with Crippen LogP contribution in [0.4, 0.5) is 0 Å². The molecule has 1 heterocycles. The van der Waals surface area contributed by atoms with E-state index in [4.69, 9.17) is 4.74 Å². The molecule has 1 N–H and O–H groups in total. The second-order valence-corrected chi connectivity index (χ2v) is 5.71. The zero-order valence-corrected chi connectivity index (χ0v) is 11.1. The van der Waals surface area contributed by atoms with Gasteiger partial charge in [-0.2, -0.15) is 0 Å². The lowest BCUT2D eigenvalue weighted by Gasteiger charge is -2.07. The van der Waals surface area contributed by atoms with Crippen molar-refractivity contribution in [2.75, 3.05) is 6.61 Å². The number of hydrogen-bond acceptors (Lipinski definition) is 4. The first-order chi connectivity index (χ1) is 9.04. The normalized spacial score (nSPS) is 11.2. The van der Waals surface area contributed by atoms with E-state index in [2.05, 4.69) is 4.98 Å². The first-order valence-corrected chi connectivity index (χ1v) is 7.19. The minimum Gasteiger partial charge on any atom is -0.479 e. The number of nitrogens with one attached hydrogen (secondary N) is 1. The molecule has 0 atom stereocenters. The quantitative estimate of drug-likeness (QED) is 0.922. The summed E-state index contributed by atoms with van der Waals surface area (Å²) in [7, 11) is -3.74. The minimum absolute atomic E-state index is 0.124. The van der Waals surface area contributed by atoms with Crippen LogP contribution in [-0.2, 0) is 9.84 Å². The number of rotatable bonds is 4. The van der Waals surface area contributed by atoms with E-state index in [-0.39, 0.29) is 15.8 Å². The van der Waals surface area contributed by atoms with E-state index in [0.29, 0.717) is 6.61 Å². The van der Waals surface area contributed by atoms with Crippen molar-refractivity contribution in [3.05, 3.63) is 52.7 Å². The van der Waals surface area contributed by atoms with Crippen LogP contribution in [0, 0.1) is 0 Å². The van der Waals surface area contributed by atoms with Crippen LogP contribution < -0.4 is 10.2 Å². The van der Waals surface area contributed by atoms with E-state index in [9.17, 15) is 13.2 Å².